The number of benzene rings is 2. The molecule has 3 N–H and O–H groups in total. The minimum atomic E-state index is -1.59. The zero-order valence-corrected chi connectivity index (χ0v) is 15.2. The Hall–Kier alpha value is -3.19. The smallest absolute Gasteiger partial charge is 0.324 e. The minimum Gasteiger partial charge on any atom is -0.508 e. The number of hydrogen-bond donors (Lipinski definition) is 3. The van der Waals surface area contributed by atoms with Crippen molar-refractivity contribution in [2.24, 2.45) is 11.8 Å². The van der Waals surface area contributed by atoms with Gasteiger partial charge in [-0.3, -0.25) is 19.7 Å². The highest BCUT2D eigenvalue weighted by atomic mass is 16.4. The summed E-state index contributed by atoms with van der Waals surface area (Å²) >= 11 is 0. The summed E-state index contributed by atoms with van der Waals surface area (Å²) in [6, 6.07) is 14.2. The summed E-state index contributed by atoms with van der Waals surface area (Å²) in [5.41, 5.74) is -0.767. The third-order valence-electron chi connectivity index (χ3n) is 5.88. The molecule has 0 aliphatic carbocycles. The lowest BCUT2D eigenvalue weighted by Crippen LogP contribution is -2.55. The third kappa shape index (κ3) is 2.36. The summed E-state index contributed by atoms with van der Waals surface area (Å²) in [7, 11) is 0. The summed E-state index contributed by atoms with van der Waals surface area (Å²) in [5.74, 6) is -4.20. The van der Waals surface area contributed by atoms with Crippen LogP contribution in [0.15, 0.2) is 54.6 Å². The maximum atomic E-state index is 13.3. The van der Waals surface area contributed by atoms with Crippen LogP contribution < -0.4 is 10.2 Å². The van der Waals surface area contributed by atoms with E-state index in [1.165, 1.54) is 6.07 Å². The van der Waals surface area contributed by atoms with E-state index in [4.69, 9.17) is 0 Å². The molecule has 0 spiro atoms. The van der Waals surface area contributed by atoms with Gasteiger partial charge in [-0.2, -0.15) is 0 Å². The summed E-state index contributed by atoms with van der Waals surface area (Å²) < 4.78 is 0. The Bertz CT molecular complexity index is 960. The van der Waals surface area contributed by atoms with Crippen LogP contribution in [0, 0.1) is 11.8 Å². The van der Waals surface area contributed by atoms with Crippen molar-refractivity contribution in [3.8, 4) is 5.75 Å². The fourth-order valence-electron chi connectivity index (χ4n) is 4.52. The van der Waals surface area contributed by atoms with E-state index in [1.807, 2.05) is 0 Å². The number of amides is 2. The maximum Gasteiger partial charge on any atom is 0.324 e. The van der Waals surface area contributed by atoms with Gasteiger partial charge in [-0.05, 0) is 24.6 Å². The molecule has 2 aliphatic rings. The third-order valence-corrected chi connectivity index (χ3v) is 5.88. The van der Waals surface area contributed by atoms with E-state index in [9.17, 15) is 24.6 Å². The Balaban J connectivity index is 1.88. The molecule has 2 fully saturated rings. The molecule has 2 amide bonds. The first kappa shape index (κ1) is 18.2. The van der Waals surface area contributed by atoms with Crippen LogP contribution in [0.5, 0.6) is 5.75 Å². The van der Waals surface area contributed by atoms with Gasteiger partial charge >= 0.3 is 5.97 Å². The average Bonchev–Trinajstić information content (AvgIpc) is 3.17. The van der Waals surface area contributed by atoms with Gasteiger partial charge in [0, 0.05) is 11.6 Å². The second-order valence-electron chi connectivity index (χ2n) is 7.16. The molecule has 28 heavy (non-hydrogen) atoms. The van der Waals surface area contributed by atoms with Crippen LogP contribution in [0.3, 0.4) is 0 Å². The monoisotopic (exact) mass is 380 g/mol. The van der Waals surface area contributed by atoms with Crippen molar-refractivity contribution in [3.63, 3.8) is 0 Å². The van der Waals surface area contributed by atoms with E-state index in [1.54, 1.807) is 55.5 Å². The van der Waals surface area contributed by atoms with E-state index in [0.717, 1.165) is 4.90 Å². The van der Waals surface area contributed by atoms with Crippen molar-refractivity contribution >= 4 is 23.5 Å². The number of phenols is 1. The van der Waals surface area contributed by atoms with E-state index < -0.39 is 41.2 Å². The average molecular weight is 380 g/mol. The molecule has 2 aromatic rings. The Morgan fingerprint density at radius 1 is 1.07 bits per heavy atom. The number of anilines is 1. The predicted octanol–water partition coefficient (Wildman–Crippen LogP) is 2.08. The van der Waals surface area contributed by atoms with Crippen LogP contribution in [0.2, 0.25) is 0 Å². The number of fused-ring (bicyclic) bond motifs is 1. The molecular weight excluding hydrogens is 360 g/mol. The fraction of sp³-hybridized carbons (Fsp3) is 0.286. The second kappa shape index (κ2) is 6.45. The number of hydrogen-bond acceptors (Lipinski definition) is 5. The normalized spacial score (nSPS) is 29.2. The van der Waals surface area contributed by atoms with E-state index in [0.29, 0.717) is 11.3 Å². The molecule has 2 aliphatic heterocycles. The van der Waals surface area contributed by atoms with Crippen LogP contribution in [0.25, 0.3) is 0 Å². The molecule has 4 rings (SSSR count). The van der Waals surface area contributed by atoms with Gasteiger partial charge in [-0.25, -0.2) is 4.90 Å². The molecule has 2 saturated heterocycles. The molecule has 0 saturated carbocycles. The molecule has 0 aromatic heterocycles. The van der Waals surface area contributed by atoms with E-state index in [2.05, 4.69) is 5.32 Å². The second-order valence-corrected chi connectivity index (χ2v) is 7.16. The molecule has 0 radical (unpaired) electrons. The maximum absolute atomic E-state index is 13.3. The van der Waals surface area contributed by atoms with Crippen LogP contribution >= 0.6 is 0 Å². The van der Waals surface area contributed by atoms with Gasteiger partial charge in [-0.1, -0.05) is 43.3 Å². The lowest BCUT2D eigenvalue weighted by atomic mass is 9.78. The minimum absolute atomic E-state index is 0.0468. The van der Waals surface area contributed by atoms with Gasteiger partial charge in [0.2, 0.25) is 11.8 Å². The highest BCUT2D eigenvalue weighted by Gasteiger charge is 2.68. The molecule has 2 heterocycles. The standard InChI is InChI=1S/C21H20N2O5/c1-2-21(20(27)28)16-15(17(22-21)13-10-6-7-11-14(13)24)18(25)23(19(16)26)12-8-4-3-5-9-12/h3-11,15-17,22,24H,2H2,1H3,(H,27,28). The van der Waals surface area contributed by atoms with Gasteiger partial charge in [-0.15, -0.1) is 0 Å². The zero-order chi connectivity index (χ0) is 20.1. The van der Waals surface area contributed by atoms with Gasteiger partial charge in [0.1, 0.15) is 11.3 Å². The van der Waals surface area contributed by atoms with Crippen molar-refractivity contribution in [2.45, 2.75) is 24.9 Å². The lowest BCUT2D eigenvalue weighted by molar-refractivity contribution is -0.149. The van der Waals surface area contributed by atoms with Gasteiger partial charge in [0.25, 0.3) is 0 Å². The first-order valence-corrected chi connectivity index (χ1v) is 9.14. The number of rotatable bonds is 4. The molecule has 7 heteroatoms. The molecule has 2 aromatic carbocycles. The largest absolute Gasteiger partial charge is 0.508 e. The molecule has 144 valence electrons. The predicted molar refractivity (Wildman–Crippen MR) is 101 cm³/mol. The molecule has 4 atom stereocenters. The van der Waals surface area contributed by atoms with E-state index in [-0.39, 0.29) is 12.2 Å². The number of carbonyl (C=O) groups excluding carboxylic acids is 2. The highest BCUT2D eigenvalue weighted by Crippen LogP contribution is 2.51. The topological polar surface area (TPSA) is 107 Å². The number of carboxylic acids is 1. The first-order valence-electron chi connectivity index (χ1n) is 9.14. The summed E-state index contributed by atoms with van der Waals surface area (Å²) in [5, 5.41) is 23.3. The number of carboxylic acid groups (broad SMARTS) is 1. The number of phenolic OH excluding ortho intramolecular Hbond substituents is 1. The Labute approximate surface area is 161 Å². The zero-order valence-electron chi connectivity index (χ0n) is 15.2. The van der Waals surface area contributed by atoms with Crippen LogP contribution in [-0.2, 0) is 14.4 Å². The Morgan fingerprint density at radius 2 is 1.71 bits per heavy atom. The van der Waals surface area contributed by atoms with Crippen molar-refractivity contribution in [1.29, 1.82) is 0 Å². The SMILES string of the molecule is CCC1(C(=O)O)NC(c2ccccc2O)C2C(=O)N(c3ccccc3)C(=O)C21. The molecule has 4 unspecified atom stereocenters. The first-order chi connectivity index (χ1) is 13.4. The van der Waals surface area contributed by atoms with Gasteiger partial charge in [0.15, 0.2) is 0 Å². The number of imide groups is 1. The summed E-state index contributed by atoms with van der Waals surface area (Å²) in [4.78, 5) is 39.9. The molecular formula is C21H20N2O5. The summed E-state index contributed by atoms with van der Waals surface area (Å²) in [6.07, 6.45) is 0.120. The number of aromatic hydroxyl groups is 1. The number of carbonyl (C=O) groups is 3. The number of nitrogens with zero attached hydrogens (tertiary/aromatic N) is 1. The Kier molecular flexibility index (Phi) is 4.19. The van der Waals surface area contributed by atoms with Crippen molar-refractivity contribution in [1.82, 2.24) is 5.32 Å². The highest BCUT2D eigenvalue weighted by molar-refractivity contribution is 6.24. The van der Waals surface area contributed by atoms with Crippen LogP contribution in [0.4, 0.5) is 5.69 Å². The molecule has 0 bridgehead atoms. The summed E-state index contributed by atoms with van der Waals surface area (Å²) in [6.45, 7) is 1.67. The molecule has 7 nitrogen and oxygen atoms in total. The van der Waals surface area contributed by atoms with Gasteiger partial charge in [0.05, 0.1) is 17.5 Å². The number of aliphatic carboxylic acids is 1. The van der Waals surface area contributed by atoms with Crippen molar-refractivity contribution in [2.75, 3.05) is 4.90 Å². The Morgan fingerprint density at radius 3 is 2.32 bits per heavy atom. The fourth-order valence-corrected chi connectivity index (χ4v) is 4.52. The number of para-hydroxylation sites is 2. The quantitative estimate of drug-likeness (QED) is 0.701. The van der Waals surface area contributed by atoms with Gasteiger partial charge < -0.3 is 10.2 Å². The van der Waals surface area contributed by atoms with Crippen molar-refractivity contribution < 1.29 is 24.6 Å². The van der Waals surface area contributed by atoms with Crippen LogP contribution in [0.1, 0.15) is 24.9 Å². The number of nitrogens with one attached hydrogen (secondary N) is 1. The van der Waals surface area contributed by atoms with E-state index >= 15 is 0 Å². The van der Waals surface area contributed by atoms with Crippen molar-refractivity contribution in [3.05, 3.63) is 60.2 Å². The lowest BCUT2D eigenvalue weighted by Gasteiger charge is -2.30. The van der Waals surface area contributed by atoms with Crippen LogP contribution in [-0.4, -0.2) is 33.5 Å².